The SMILES string of the molecule is CC1(C)CC2CSCC(C1)C2CC(=O)O. The number of fused-ring (bicyclic) bond motifs is 2. The van der Waals surface area contributed by atoms with E-state index in [4.69, 9.17) is 5.11 Å². The fraction of sp³-hybridized carbons (Fsp3) is 0.917. The Labute approximate surface area is 95.8 Å². The molecule has 1 N–H and O–H groups in total. The van der Waals surface area contributed by atoms with Gasteiger partial charge in [0.2, 0.25) is 0 Å². The zero-order valence-electron chi connectivity index (χ0n) is 9.53. The Morgan fingerprint density at radius 2 is 1.87 bits per heavy atom. The molecule has 2 unspecified atom stereocenters. The van der Waals surface area contributed by atoms with E-state index in [0.717, 1.165) is 0 Å². The number of carboxylic acid groups (broad SMARTS) is 1. The molecule has 0 aromatic carbocycles. The molecule has 2 bridgehead atoms. The maximum absolute atomic E-state index is 10.9. The number of rotatable bonds is 2. The third-order valence-corrected chi connectivity index (χ3v) is 5.24. The molecule has 86 valence electrons. The van der Waals surface area contributed by atoms with Crippen molar-refractivity contribution in [2.24, 2.45) is 23.2 Å². The molecule has 1 aliphatic carbocycles. The van der Waals surface area contributed by atoms with Crippen LogP contribution in [-0.4, -0.2) is 22.6 Å². The summed E-state index contributed by atoms with van der Waals surface area (Å²) in [6.45, 7) is 4.67. The molecule has 2 rings (SSSR count). The van der Waals surface area contributed by atoms with Crippen LogP contribution < -0.4 is 0 Å². The Kier molecular flexibility index (Phi) is 3.02. The van der Waals surface area contributed by atoms with Crippen molar-refractivity contribution < 1.29 is 9.90 Å². The van der Waals surface area contributed by atoms with Gasteiger partial charge in [0, 0.05) is 6.42 Å². The van der Waals surface area contributed by atoms with E-state index in [9.17, 15) is 4.79 Å². The predicted octanol–water partition coefficient (Wildman–Crippen LogP) is 2.88. The summed E-state index contributed by atoms with van der Waals surface area (Å²) in [5.41, 5.74) is 0.436. The van der Waals surface area contributed by atoms with Gasteiger partial charge in [0.25, 0.3) is 0 Å². The van der Waals surface area contributed by atoms with Crippen molar-refractivity contribution >= 4 is 17.7 Å². The first-order valence-corrected chi connectivity index (χ1v) is 6.93. The first-order chi connectivity index (χ1) is 6.98. The Bertz CT molecular complexity index is 246. The van der Waals surface area contributed by atoms with Crippen molar-refractivity contribution in [1.29, 1.82) is 0 Å². The first-order valence-electron chi connectivity index (χ1n) is 5.77. The van der Waals surface area contributed by atoms with E-state index in [-0.39, 0.29) is 0 Å². The minimum Gasteiger partial charge on any atom is -0.481 e. The largest absolute Gasteiger partial charge is 0.481 e. The van der Waals surface area contributed by atoms with Crippen LogP contribution in [0.15, 0.2) is 0 Å². The molecule has 2 fully saturated rings. The second-order valence-corrected chi connectivity index (χ2v) is 6.97. The molecule has 3 heteroatoms. The Morgan fingerprint density at radius 3 is 2.33 bits per heavy atom. The lowest BCUT2D eigenvalue weighted by Crippen LogP contribution is -2.43. The van der Waals surface area contributed by atoms with Crippen LogP contribution in [0.1, 0.15) is 33.1 Å². The fourth-order valence-corrected chi connectivity index (χ4v) is 4.93. The Balaban J connectivity index is 2.10. The molecule has 2 nitrogen and oxygen atoms in total. The summed E-state index contributed by atoms with van der Waals surface area (Å²) in [6, 6.07) is 0. The minimum absolute atomic E-state index is 0.395. The molecule has 15 heavy (non-hydrogen) atoms. The van der Waals surface area contributed by atoms with Crippen LogP contribution in [-0.2, 0) is 4.79 Å². The molecular weight excluding hydrogens is 208 g/mol. The van der Waals surface area contributed by atoms with Crippen LogP contribution in [0.2, 0.25) is 0 Å². The molecule has 1 aliphatic heterocycles. The lowest BCUT2D eigenvalue weighted by molar-refractivity contribution is -0.139. The molecule has 0 spiro atoms. The van der Waals surface area contributed by atoms with E-state index in [1.807, 2.05) is 11.8 Å². The van der Waals surface area contributed by atoms with Gasteiger partial charge in [-0.05, 0) is 47.5 Å². The highest BCUT2D eigenvalue weighted by Crippen LogP contribution is 2.51. The summed E-state index contributed by atoms with van der Waals surface area (Å²) in [7, 11) is 0. The molecule has 1 saturated carbocycles. The molecule has 0 amide bonds. The van der Waals surface area contributed by atoms with Gasteiger partial charge in [0.1, 0.15) is 0 Å². The average molecular weight is 228 g/mol. The normalized spacial score (nSPS) is 38.7. The van der Waals surface area contributed by atoms with Crippen LogP contribution in [0.25, 0.3) is 0 Å². The third-order valence-electron chi connectivity index (χ3n) is 3.91. The number of thioether (sulfide) groups is 1. The summed E-state index contributed by atoms with van der Waals surface area (Å²) >= 11 is 2.03. The van der Waals surface area contributed by atoms with Crippen molar-refractivity contribution in [3.05, 3.63) is 0 Å². The molecule has 1 saturated heterocycles. The maximum Gasteiger partial charge on any atom is 0.303 e. The standard InChI is InChI=1S/C12H20O2S/c1-12(2)4-8-6-15-7-9(5-12)10(8)3-11(13)14/h8-10H,3-7H2,1-2H3,(H,13,14). The molecule has 1 heterocycles. The van der Waals surface area contributed by atoms with Gasteiger partial charge in [0.05, 0.1) is 0 Å². The van der Waals surface area contributed by atoms with E-state index in [1.54, 1.807) is 0 Å². The quantitative estimate of drug-likeness (QED) is 0.789. The molecule has 0 radical (unpaired) electrons. The zero-order chi connectivity index (χ0) is 11.1. The molecular formula is C12H20O2S. The summed E-state index contributed by atoms with van der Waals surface area (Å²) in [4.78, 5) is 10.9. The molecule has 2 aliphatic rings. The van der Waals surface area contributed by atoms with E-state index in [2.05, 4.69) is 13.8 Å². The Hall–Kier alpha value is -0.180. The average Bonchev–Trinajstić information content (AvgIpc) is 2.05. The van der Waals surface area contributed by atoms with E-state index < -0.39 is 5.97 Å². The molecule has 0 aromatic heterocycles. The summed E-state index contributed by atoms with van der Waals surface area (Å²) in [5, 5.41) is 8.94. The van der Waals surface area contributed by atoms with Gasteiger partial charge in [-0.3, -0.25) is 4.79 Å². The van der Waals surface area contributed by atoms with Gasteiger partial charge in [-0.2, -0.15) is 11.8 Å². The second kappa shape index (κ2) is 4.00. The van der Waals surface area contributed by atoms with E-state index >= 15 is 0 Å². The molecule has 2 atom stereocenters. The van der Waals surface area contributed by atoms with Gasteiger partial charge in [-0.1, -0.05) is 13.8 Å². The monoisotopic (exact) mass is 228 g/mol. The van der Waals surface area contributed by atoms with Crippen molar-refractivity contribution in [3.8, 4) is 0 Å². The van der Waals surface area contributed by atoms with Crippen LogP contribution in [0.5, 0.6) is 0 Å². The number of carbonyl (C=O) groups is 1. The van der Waals surface area contributed by atoms with E-state index in [1.165, 1.54) is 24.3 Å². The predicted molar refractivity (Wildman–Crippen MR) is 63.1 cm³/mol. The smallest absolute Gasteiger partial charge is 0.303 e. The van der Waals surface area contributed by atoms with Gasteiger partial charge in [0.15, 0.2) is 0 Å². The van der Waals surface area contributed by atoms with E-state index in [0.29, 0.717) is 29.6 Å². The second-order valence-electron chi connectivity index (χ2n) is 5.89. The van der Waals surface area contributed by atoms with Crippen molar-refractivity contribution in [2.75, 3.05) is 11.5 Å². The topological polar surface area (TPSA) is 37.3 Å². The number of hydrogen-bond donors (Lipinski definition) is 1. The van der Waals surface area contributed by atoms with Gasteiger partial charge in [-0.15, -0.1) is 0 Å². The highest BCUT2D eigenvalue weighted by molar-refractivity contribution is 7.99. The summed E-state index contributed by atoms with van der Waals surface area (Å²) in [6.07, 6.45) is 2.83. The van der Waals surface area contributed by atoms with Crippen LogP contribution >= 0.6 is 11.8 Å². The molecule has 0 aromatic rings. The third kappa shape index (κ3) is 2.49. The van der Waals surface area contributed by atoms with Crippen LogP contribution in [0.4, 0.5) is 0 Å². The highest BCUT2D eigenvalue weighted by Gasteiger charge is 2.44. The fourth-order valence-electron chi connectivity index (χ4n) is 3.46. The van der Waals surface area contributed by atoms with Gasteiger partial charge >= 0.3 is 5.97 Å². The number of hydrogen-bond acceptors (Lipinski definition) is 2. The maximum atomic E-state index is 10.9. The number of carboxylic acids is 1. The van der Waals surface area contributed by atoms with Gasteiger partial charge < -0.3 is 5.11 Å². The highest BCUT2D eigenvalue weighted by atomic mass is 32.2. The lowest BCUT2D eigenvalue weighted by Gasteiger charge is -2.48. The first kappa shape index (κ1) is 11.3. The summed E-state index contributed by atoms with van der Waals surface area (Å²) < 4.78 is 0. The minimum atomic E-state index is -0.610. The Morgan fingerprint density at radius 1 is 1.33 bits per heavy atom. The van der Waals surface area contributed by atoms with Crippen molar-refractivity contribution in [3.63, 3.8) is 0 Å². The van der Waals surface area contributed by atoms with Crippen molar-refractivity contribution in [2.45, 2.75) is 33.1 Å². The van der Waals surface area contributed by atoms with Crippen LogP contribution in [0.3, 0.4) is 0 Å². The lowest BCUT2D eigenvalue weighted by atomic mass is 9.62. The van der Waals surface area contributed by atoms with Crippen molar-refractivity contribution in [1.82, 2.24) is 0 Å². The zero-order valence-corrected chi connectivity index (χ0v) is 10.3. The summed E-state index contributed by atoms with van der Waals surface area (Å²) in [5.74, 6) is 3.50. The van der Waals surface area contributed by atoms with Crippen LogP contribution in [0, 0.1) is 23.2 Å². The van der Waals surface area contributed by atoms with Gasteiger partial charge in [-0.25, -0.2) is 0 Å². The number of aliphatic carboxylic acids is 1.